The molecule has 0 unspecified atom stereocenters. The summed E-state index contributed by atoms with van der Waals surface area (Å²) in [5.41, 5.74) is 3.26. The lowest BCUT2D eigenvalue weighted by molar-refractivity contribution is -0.125. The van der Waals surface area contributed by atoms with Crippen LogP contribution in [0.25, 0.3) is 0 Å². The van der Waals surface area contributed by atoms with E-state index in [1.165, 1.54) is 18.2 Å². The SMILES string of the molecule is O=C(COC(=O)c1ccccc1SCc1cscn1)NC1CCCCC1. The molecule has 1 amide bonds. The predicted molar refractivity (Wildman–Crippen MR) is 103 cm³/mol. The van der Waals surface area contributed by atoms with E-state index in [-0.39, 0.29) is 18.6 Å². The van der Waals surface area contributed by atoms with Crippen LogP contribution in [0.5, 0.6) is 0 Å². The Balaban J connectivity index is 1.51. The van der Waals surface area contributed by atoms with Gasteiger partial charge in [-0.25, -0.2) is 9.78 Å². The summed E-state index contributed by atoms with van der Waals surface area (Å²) in [6, 6.07) is 7.51. The minimum absolute atomic E-state index is 0.218. The second kappa shape index (κ2) is 9.73. The van der Waals surface area contributed by atoms with E-state index in [4.69, 9.17) is 4.74 Å². The van der Waals surface area contributed by atoms with Crippen LogP contribution < -0.4 is 5.32 Å². The fraction of sp³-hybridized carbons (Fsp3) is 0.421. The van der Waals surface area contributed by atoms with Crippen molar-refractivity contribution in [2.24, 2.45) is 0 Å². The lowest BCUT2D eigenvalue weighted by atomic mass is 9.95. The lowest BCUT2D eigenvalue weighted by Gasteiger charge is -2.22. The third-order valence-electron chi connectivity index (χ3n) is 4.27. The molecule has 1 saturated carbocycles. The van der Waals surface area contributed by atoms with Crippen molar-refractivity contribution in [3.05, 3.63) is 46.4 Å². The number of ether oxygens (including phenoxy) is 1. The third-order valence-corrected chi connectivity index (χ3v) is 6.01. The van der Waals surface area contributed by atoms with E-state index in [0.29, 0.717) is 11.3 Å². The van der Waals surface area contributed by atoms with E-state index < -0.39 is 5.97 Å². The maximum absolute atomic E-state index is 12.4. The summed E-state index contributed by atoms with van der Waals surface area (Å²) in [6.45, 7) is -0.236. The number of esters is 1. The molecular weight excluding hydrogens is 368 g/mol. The van der Waals surface area contributed by atoms with Gasteiger partial charge in [0.25, 0.3) is 5.91 Å². The summed E-state index contributed by atoms with van der Waals surface area (Å²) < 4.78 is 5.23. The first kappa shape index (κ1) is 18.9. The van der Waals surface area contributed by atoms with Gasteiger partial charge in [0.05, 0.1) is 16.8 Å². The molecule has 2 aromatic rings. The predicted octanol–water partition coefficient (Wildman–Crippen LogP) is 4.04. The number of thiazole rings is 1. The van der Waals surface area contributed by atoms with Crippen molar-refractivity contribution in [1.82, 2.24) is 10.3 Å². The van der Waals surface area contributed by atoms with Gasteiger partial charge in [-0.05, 0) is 25.0 Å². The van der Waals surface area contributed by atoms with Crippen LogP contribution in [0.15, 0.2) is 40.1 Å². The highest BCUT2D eigenvalue weighted by Crippen LogP contribution is 2.26. The molecule has 0 saturated heterocycles. The molecule has 1 aromatic carbocycles. The fourth-order valence-corrected chi connectivity index (χ4v) is 4.55. The number of nitrogens with zero attached hydrogens (tertiary/aromatic N) is 1. The molecule has 1 heterocycles. The molecule has 138 valence electrons. The van der Waals surface area contributed by atoms with Gasteiger partial charge in [-0.2, -0.15) is 0 Å². The molecule has 1 fully saturated rings. The quantitative estimate of drug-likeness (QED) is 0.571. The number of carbonyl (C=O) groups is 2. The molecule has 5 nitrogen and oxygen atoms in total. The Hall–Kier alpha value is -1.86. The summed E-state index contributed by atoms with van der Waals surface area (Å²) in [7, 11) is 0. The highest BCUT2D eigenvalue weighted by Gasteiger charge is 2.18. The summed E-state index contributed by atoms with van der Waals surface area (Å²) in [5.74, 6) is -0.00120. The summed E-state index contributed by atoms with van der Waals surface area (Å²) in [5, 5.41) is 4.95. The Morgan fingerprint density at radius 2 is 2.04 bits per heavy atom. The van der Waals surface area contributed by atoms with Gasteiger partial charge in [0, 0.05) is 22.1 Å². The highest BCUT2D eigenvalue weighted by molar-refractivity contribution is 7.98. The van der Waals surface area contributed by atoms with Gasteiger partial charge in [-0.3, -0.25) is 4.79 Å². The Morgan fingerprint density at radius 1 is 1.23 bits per heavy atom. The van der Waals surface area contributed by atoms with Crippen LogP contribution in [0, 0.1) is 0 Å². The number of carbonyl (C=O) groups excluding carboxylic acids is 2. The average molecular weight is 391 g/mol. The smallest absolute Gasteiger partial charge is 0.339 e. The second-order valence-electron chi connectivity index (χ2n) is 6.24. The van der Waals surface area contributed by atoms with Crippen LogP contribution in [-0.2, 0) is 15.3 Å². The molecule has 0 bridgehead atoms. The summed E-state index contributed by atoms with van der Waals surface area (Å²) in [6.07, 6.45) is 5.55. The van der Waals surface area contributed by atoms with Crippen molar-refractivity contribution in [1.29, 1.82) is 0 Å². The topological polar surface area (TPSA) is 68.3 Å². The van der Waals surface area contributed by atoms with Crippen LogP contribution in [-0.4, -0.2) is 29.5 Å². The Morgan fingerprint density at radius 3 is 2.81 bits per heavy atom. The Bertz CT molecular complexity index is 728. The second-order valence-corrected chi connectivity index (χ2v) is 7.98. The number of thioether (sulfide) groups is 1. The van der Waals surface area contributed by atoms with E-state index in [2.05, 4.69) is 10.3 Å². The van der Waals surface area contributed by atoms with Crippen LogP contribution in [0.1, 0.15) is 48.2 Å². The standard InChI is InChI=1S/C19H22N2O3S2/c22-18(21-14-6-2-1-3-7-14)10-24-19(23)16-8-4-5-9-17(16)26-12-15-11-25-13-20-15/h4-5,8-9,11,13-14H,1-3,6-7,10,12H2,(H,21,22). The Kier molecular flexibility index (Phi) is 7.08. The molecule has 7 heteroatoms. The largest absolute Gasteiger partial charge is 0.452 e. The molecule has 3 rings (SSSR count). The molecule has 26 heavy (non-hydrogen) atoms. The van der Waals surface area contributed by atoms with E-state index in [0.717, 1.165) is 36.3 Å². The zero-order valence-electron chi connectivity index (χ0n) is 14.5. The van der Waals surface area contributed by atoms with Gasteiger partial charge in [-0.15, -0.1) is 23.1 Å². The van der Waals surface area contributed by atoms with Crippen molar-refractivity contribution in [2.75, 3.05) is 6.61 Å². The molecule has 1 aliphatic rings. The van der Waals surface area contributed by atoms with Crippen molar-refractivity contribution in [3.63, 3.8) is 0 Å². The van der Waals surface area contributed by atoms with E-state index in [9.17, 15) is 9.59 Å². The molecule has 0 atom stereocenters. The normalized spacial score (nSPS) is 14.8. The maximum Gasteiger partial charge on any atom is 0.339 e. The van der Waals surface area contributed by atoms with Gasteiger partial charge in [0.1, 0.15) is 0 Å². The van der Waals surface area contributed by atoms with Crippen molar-refractivity contribution < 1.29 is 14.3 Å². The minimum atomic E-state index is -0.467. The van der Waals surface area contributed by atoms with Crippen molar-refractivity contribution >= 4 is 35.0 Å². The zero-order chi connectivity index (χ0) is 18.2. The first-order chi connectivity index (χ1) is 12.7. The monoisotopic (exact) mass is 390 g/mol. The number of rotatable bonds is 7. The molecule has 0 radical (unpaired) electrons. The van der Waals surface area contributed by atoms with Crippen molar-refractivity contribution in [2.45, 2.75) is 48.8 Å². The highest BCUT2D eigenvalue weighted by atomic mass is 32.2. The van der Waals surface area contributed by atoms with Crippen molar-refractivity contribution in [3.8, 4) is 0 Å². The van der Waals surface area contributed by atoms with Gasteiger partial charge < -0.3 is 10.1 Å². The fourth-order valence-electron chi connectivity index (χ4n) is 2.95. The van der Waals surface area contributed by atoms with Crippen LogP contribution in [0.4, 0.5) is 0 Å². The van der Waals surface area contributed by atoms with E-state index >= 15 is 0 Å². The molecular formula is C19H22N2O3S2. The first-order valence-electron chi connectivity index (χ1n) is 8.78. The molecule has 0 aliphatic heterocycles. The zero-order valence-corrected chi connectivity index (χ0v) is 16.1. The van der Waals surface area contributed by atoms with Gasteiger partial charge in [0.2, 0.25) is 0 Å². The number of amides is 1. The molecule has 1 N–H and O–H groups in total. The number of hydrogen-bond donors (Lipinski definition) is 1. The lowest BCUT2D eigenvalue weighted by Crippen LogP contribution is -2.38. The third kappa shape index (κ3) is 5.57. The molecule has 0 spiro atoms. The summed E-state index contributed by atoms with van der Waals surface area (Å²) in [4.78, 5) is 29.5. The van der Waals surface area contributed by atoms with E-state index in [1.54, 1.807) is 29.0 Å². The molecule has 1 aromatic heterocycles. The first-order valence-corrected chi connectivity index (χ1v) is 10.7. The van der Waals surface area contributed by atoms with Crippen LogP contribution >= 0.6 is 23.1 Å². The van der Waals surface area contributed by atoms with Gasteiger partial charge >= 0.3 is 5.97 Å². The van der Waals surface area contributed by atoms with Crippen LogP contribution in [0.2, 0.25) is 0 Å². The number of aromatic nitrogens is 1. The number of benzene rings is 1. The maximum atomic E-state index is 12.4. The number of nitrogens with one attached hydrogen (secondary N) is 1. The van der Waals surface area contributed by atoms with Crippen LogP contribution in [0.3, 0.4) is 0 Å². The van der Waals surface area contributed by atoms with Gasteiger partial charge in [-0.1, -0.05) is 31.4 Å². The number of hydrogen-bond acceptors (Lipinski definition) is 6. The summed E-state index contributed by atoms with van der Waals surface area (Å²) >= 11 is 3.09. The average Bonchev–Trinajstić information content (AvgIpc) is 3.19. The molecule has 1 aliphatic carbocycles. The Labute approximate surface area is 161 Å². The van der Waals surface area contributed by atoms with Gasteiger partial charge in [0.15, 0.2) is 6.61 Å². The minimum Gasteiger partial charge on any atom is -0.452 e. The van der Waals surface area contributed by atoms with E-state index in [1.807, 2.05) is 17.5 Å².